The van der Waals surface area contributed by atoms with E-state index < -0.39 is 17.7 Å². The lowest BCUT2D eigenvalue weighted by Gasteiger charge is -2.18. The van der Waals surface area contributed by atoms with Gasteiger partial charge >= 0.3 is 0 Å². The van der Waals surface area contributed by atoms with E-state index in [9.17, 15) is 14.4 Å². The molecule has 0 fully saturated rings. The second-order valence-electron chi connectivity index (χ2n) is 5.15. The van der Waals surface area contributed by atoms with Gasteiger partial charge in [-0.3, -0.25) is 25.2 Å². The molecule has 0 saturated heterocycles. The molecule has 0 bridgehead atoms. The number of carbonyl (C=O) groups is 3. The van der Waals surface area contributed by atoms with Gasteiger partial charge in [-0.2, -0.15) is 0 Å². The third-order valence-electron chi connectivity index (χ3n) is 3.33. The molecule has 9 nitrogen and oxygen atoms in total. The number of hydrazine groups is 1. The van der Waals surface area contributed by atoms with Crippen LogP contribution < -0.4 is 25.6 Å². The molecule has 1 aromatic heterocycles. The summed E-state index contributed by atoms with van der Waals surface area (Å²) in [6.07, 6.45) is 0. The van der Waals surface area contributed by atoms with Crippen molar-refractivity contribution in [2.24, 2.45) is 0 Å². The molecule has 0 saturated carbocycles. The normalized spacial score (nSPS) is 12.2. The fourth-order valence-electron chi connectivity index (χ4n) is 2.11. The first-order chi connectivity index (χ1) is 12.5. The van der Waals surface area contributed by atoms with Gasteiger partial charge in [0.15, 0.2) is 21.9 Å². The molecule has 0 unspecified atom stereocenters. The van der Waals surface area contributed by atoms with E-state index >= 15 is 0 Å². The van der Waals surface area contributed by atoms with Gasteiger partial charge in [-0.25, -0.2) is 0 Å². The van der Waals surface area contributed by atoms with E-state index in [2.05, 4.69) is 32.1 Å². The molecular weight excluding hydrogens is 410 g/mol. The highest BCUT2D eigenvalue weighted by Crippen LogP contribution is 2.30. The molecule has 3 N–H and O–H groups in total. The van der Waals surface area contributed by atoms with Crippen LogP contribution >= 0.6 is 15.9 Å². The monoisotopic (exact) mass is 423 g/mol. The average Bonchev–Trinajstić information content (AvgIpc) is 3.10. The zero-order chi connectivity index (χ0) is 18.5. The molecule has 26 heavy (non-hydrogen) atoms. The van der Waals surface area contributed by atoms with Gasteiger partial charge in [-0.1, -0.05) is 0 Å². The third kappa shape index (κ3) is 4.33. The van der Waals surface area contributed by atoms with Crippen molar-refractivity contribution in [3.63, 3.8) is 0 Å². The van der Waals surface area contributed by atoms with Gasteiger partial charge in [-0.05, 0) is 46.3 Å². The number of benzene rings is 1. The molecule has 1 aliphatic rings. The van der Waals surface area contributed by atoms with Crippen LogP contribution in [0.25, 0.3) is 0 Å². The van der Waals surface area contributed by atoms with Crippen LogP contribution in [0, 0.1) is 0 Å². The van der Waals surface area contributed by atoms with Gasteiger partial charge in [0.05, 0.1) is 6.54 Å². The summed E-state index contributed by atoms with van der Waals surface area (Å²) in [7, 11) is 0. The largest absolute Gasteiger partial charge is 0.486 e. The van der Waals surface area contributed by atoms with Crippen LogP contribution in [0.4, 0.5) is 0 Å². The molecule has 0 spiro atoms. The lowest BCUT2D eigenvalue weighted by Crippen LogP contribution is -2.46. The van der Waals surface area contributed by atoms with Gasteiger partial charge in [0.2, 0.25) is 0 Å². The smallest absolute Gasteiger partial charge is 0.287 e. The Morgan fingerprint density at radius 3 is 2.46 bits per heavy atom. The van der Waals surface area contributed by atoms with Gasteiger partial charge in [-0.15, -0.1) is 0 Å². The van der Waals surface area contributed by atoms with Crippen molar-refractivity contribution in [1.82, 2.24) is 16.2 Å². The molecule has 2 heterocycles. The summed E-state index contributed by atoms with van der Waals surface area (Å²) in [5.41, 5.74) is 4.75. The zero-order valence-corrected chi connectivity index (χ0v) is 14.9. The van der Waals surface area contributed by atoms with Crippen LogP contribution in [0.15, 0.2) is 39.4 Å². The maximum absolute atomic E-state index is 12.1. The van der Waals surface area contributed by atoms with E-state index in [1.165, 1.54) is 12.1 Å². The van der Waals surface area contributed by atoms with Gasteiger partial charge in [0, 0.05) is 5.56 Å². The number of ether oxygens (including phenoxy) is 2. The summed E-state index contributed by atoms with van der Waals surface area (Å²) < 4.78 is 16.2. The predicted molar refractivity (Wildman–Crippen MR) is 91.8 cm³/mol. The minimum Gasteiger partial charge on any atom is -0.486 e. The summed E-state index contributed by atoms with van der Waals surface area (Å²) in [6, 6.07) is 7.70. The molecule has 136 valence electrons. The Morgan fingerprint density at radius 1 is 0.962 bits per heavy atom. The highest BCUT2D eigenvalue weighted by atomic mass is 79.9. The second-order valence-corrected chi connectivity index (χ2v) is 5.93. The maximum atomic E-state index is 12.1. The van der Waals surface area contributed by atoms with E-state index in [1.54, 1.807) is 18.2 Å². The molecule has 1 aromatic carbocycles. The molecule has 1 aliphatic heterocycles. The van der Waals surface area contributed by atoms with E-state index in [4.69, 9.17) is 13.9 Å². The summed E-state index contributed by atoms with van der Waals surface area (Å²) in [5.74, 6) is -0.600. The van der Waals surface area contributed by atoms with Crippen LogP contribution in [0.3, 0.4) is 0 Å². The highest BCUT2D eigenvalue weighted by Gasteiger charge is 2.16. The Morgan fingerprint density at radius 2 is 1.73 bits per heavy atom. The number of fused-ring (bicyclic) bond motifs is 1. The lowest BCUT2D eigenvalue weighted by atomic mass is 10.2. The first kappa shape index (κ1) is 17.8. The van der Waals surface area contributed by atoms with Crippen LogP contribution in [-0.4, -0.2) is 37.5 Å². The number of rotatable bonds is 4. The van der Waals surface area contributed by atoms with Crippen molar-refractivity contribution in [2.45, 2.75) is 0 Å². The third-order valence-corrected chi connectivity index (χ3v) is 3.75. The molecule has 0 atom stereocenters. The number of furan rings is 1. The molecule has 10 heteroatoms. The molecule has 3 rings (SSSR count). The van der Waals surface area contributed by atoms with Crippen molar-refractivity contribution < 1.29 is 28.3 Å². The Kier molecular flexibility index (Phi) is 5.42. The maximum Gasteiger partial charge on any atom is 0.287 e. The van der Waals surface area contributed by atoms with Crippen molar-refractivity contribution in [3.8, 4) is 11.5 Å². The van der Waals surface area contributed by atoms with Gasteiger partial charge < -0.3 is 19.2 Å². The van der Waals surface area contributed by atoms with E-state index in [0.717, 1.165) is 0 Å². The van der Waals surface area contributed by atoms with Gasteiger partial charge in [0.25, 0.3) is 17.7 Å². The summed E-state index contributed by atoms with van der Waals surface area (Å²) in [4.78, 5) is 35.5. The highest BCUT2D eigenvalue weighted by molar-refractivity contribution is 9.10. The lowest BCUT2D eigenvalue weighted by molar-refractivity contribution is -0.120. The number of nitrogens with one attached hydrogen (secondary N) is 3. The molecule has 0 radical (unpaired) electrons. The Balaban J connectivity index is 1.46. The summed E-state index contributed by atoms with van der Waals surface area (Å²) in [6.45, 7) is 0.522. The number of hydrogen-bond donors (Lipinski definition) is 3. The minimum atomic E-state index is -0.602. The first-order valence-electron chi connectivity index (χ1n) is 7.55. The van der Waals surface area contributed by atoms with Crippen molar-refractivity contribution in [1.29, 1.82) is 0 Å². The quantitative estimate of drug-likeness (QED) is 0.631. The molecule has 3 amide bonds. The first-order valence-corrected chi connectivity index (χ1v) is 8.34. The van der Waals surface area contributed by atoms with Crippen LogP contribution in [0.2, 0.25) is 0 Å². The minimum absolute atomic E-state index is 0.0602. The standard InChI is InChI=1S/C16H14BrN3O6/c17-13-4-3-11(26-13)16(23)18-8-14(21)19-20-15(22)9-1-2-10-12(7-9)25-6-5-24-10/h1-4,7H,5-6,8H2,(H,18,23)(H,19,21)(H,20,22). The zero-order valence-electron chi connectivity index (χ0n) is 13.3. The SMILES string of the molecule is O=C(CNC(=O)c1ccc(Br)o1)NNC(=O)c1ccc2c(c1)OCCO2. The predicted octanol–water partition coefficient (Wildman–Crippen LogP) is 1.00. The molecule has 0 aliphatic carbocycles. The van der Waals surface area contributed by atoms with Crippen molar-refractivity contribution in [2.75, 3.05) is 19.8 Å². The van der Waals surface area contributed by atoms with Crippen molar-refractivity contribution in [3.05, 3.63) is 46.3 Å². The fraction of sp³-hybridized carbons (Fsp3) is 0.188. The average molecular weight is 424 g/mol. The Labute approximate surface area is 156 Å². The second kappa shape index (κ2) is 7.91. The Hall–Kier alpha value is -3.01. The molecule has 2 aromatic rings. The van der Waals surface area contributed by atoms with Crippen molar-refractivity contribution >= 4 is 33.7 Å². The van der Waals surface area contributed by atoms with Crippen LogP contribution in [-0.2, 0) is 4.79 Å². The number of carbonyl (C=O) groups excluding carboxylic acids is 3. The van der Waals surface area contributed by atoms with Crippen LogP contribution in [0.1, 0.15) is 20.9 Å². The molecular formula is C16H14BrN3O6. The Bertz CT molecular complexity index is 850. The fourth-order valence-corrected chi connectivity index (χ4v) is 2.42. The summed E-state index contributed by atoms with van der Waals surface area (Å²) in [5, 5.41) is 2.36. The van der Waals surface area contributed by atoms with Crippen LogP contribution in [0.5, 0.6) is 11.5 Å². The van der Waals surface area contributed by atoms with E-state index in [-0.39, 0.29) is 12.3 Å². The van der Waals surface area contributed by atoms with E-state index in [0.29, 0.717) is 34.9 Å². The summed E-state index contributed by atoms with van der Waals surface area (Å²) >= 11 is 3.08. The van der Waals surface area contributed by atoms with E-state index in [1.807, 2.05) is 0 Å². The topological polar surface area (TPSA) is 119 Å². The number of amides is 3. The van der Waals surface area contributed by atoms with Gasteiger partial charge in [0.1, 0.15) is 13.2 Å². The number of halogens is 1. The number of hydrogen-bond acceptors (Lipinski definition) is 6.